The molecule has 0 aliphatic heterocycles. The third-order valence-corrected chi connectivity index (χ3v) is 3.34. The second-order valence-corrected chi connectivity index (χ2v) is 4.96. The Kier molecular flexibility index (Phi) is 4.86. The Bertz CT molecular complexity index is 343. The maximum absolute atomic E-state index is 5.61. The molecule has 0 fully saturated rings. The first-order chi connectivity index (χ1) is 7.56. The van der Waals surface area contributed by atoms with Gasteiger partial charge in [-0.3, -0.25) is 0 Å². The van der Waals surface area contributed by atoms with Crippen LogP contribution in [0.25, 0.3) is 0 Å². The number of nitrogens with two attached hydrogens (primary N) is 1. The van der Waals surface area contributed by atoms with E-state index in [0.717, 1.165) is 23.6 Å². The van der Waals surface area contributed by atoms with Gasteiger partial charge >= 0.3 is 0 Å². The Labute approximate surface area is 102 Å². The van der Waals surface area contributed by atoms with E-state index in [1.807, 2.05) is 18.7 Å². The summed E-state index contributed by atoms with van der Waals surface area (Å²) < 4.78 is 0. The van der Waals surface area contributed by atoms with Crippen LogP contribution >= 0.6 is 11.8 Å². The standard InChI is InChI=1S/C11H20N4S/c1-8-7-13-11(12)14-10(8)15(3)9(2)5-6-16-4/h7,9H,5-6H2,1-4H3,(H2,12,13,14). The largest absolute Gasteiger partial charge is 0.368 e. The lowest BCUT2D eigenvalue weighted by atomic mass is 10.2. The molecule has 0 bridgehead atoms. The fourth-order valence-corrected chi connectivity index (χ4v) is 2.07. The molecule has 0 aliphatic carbocycles. The summed E-state index contributed by atoms with van der Waals surface area (Å²) in [4.78, 5) is 10.4. The Morgan fingerprint density at radius 2 is 2.25 bits per heavy atom. The van der Waals surface area contributed by atoms with Gasteiger partial charge in [-0.25, -0.2) is 4.98 Å². The Hall–Kier alpha value is -0.970. The van der Waals surface area contributed by atoms with Crippen LogP contribution in [0.4, 0.5) is 11.8 Å². The first-order valence-corrected chi connectivity index (χ1v) is 6.76. The minimum atomic E-state index is 0.338. The van der Waals surface area contributed by atoms with Crippen molar-refractivity contribution in [1.29, 1.82) is 0 Å². The lowest BCUT2D eigenvalue weighted by molar-refractivity contribution is 0.660. The van der Waals surface area contributed by atoms with Gasteiger partial charge in [0.05, 0.1) is 0 Å². The molecule has 16 heavy (non-hydrogen) atoms. The van der Waals surface area contributed by atoms with Crippen molar-refractivity contribution in [2.24, 2.45) is 0 Å². The number of nitrogen functional groups attached to an aromatic ring is 1. The highest BCUT2D eigenvalue weighted by atomic mass is 32.2. The van der Waals surface area contributed by atoms with E-state index >= 15 is 0 Å². The number of hydrogen-bond acceptors (Lipinski definition) is 5. The molecule has 0 radical (unpaired) electrons. The third kappa shape index (κ3) is 3.27. The zero-order chi connectivity index (χ0) is 12.1. The molecule has 1 aromatic heterocycles. The highest BCUT2D eigenvalue weighted by Gasteiger charge is 2.13. The summed E-state index contributed by atoms with van der Waals surface area (Å²) in [7, 11) is 2.06. The number of hydrogen-bond donors (Lipinski definition) is 1. The molecule has 4 nitrogen and oxygen atoms in total. The van der Waals surface area contributed by atoms with Gasteiger partial charge in [-0.1, -0.05) is 0 Å². The van der Waals surface area contributed by atoms with E-state index in [1.54, 1.807) is 6.20 Å². The number of rotatable bonds is 5. The smallest absolute Gasteiger partial charge is 0.221 e. The second kappa shape index (κ2) is 5.94. The second-order valence-electron chi connectivity index (χ2n) is 3.98. The molecular weight excluding hydrogens is 220 g/mol. The van der Waals surface area contributed by atoms with Crippen molar-refractivity contribution in [3.63, 3.8) is 0 Å². The lowest BCUT2D eigenvalue weighted by Gasteiger charge is -2.27. The van der Waals surface area contributed by atoms with Crippen molar-refractivity contribution in [1.82, 2.24) is 9.97 Å². The number of nitrogens with zero attached hydrogens (tertiary/aromatic N) is 3. The van der Waals surface area contributed by atoms with E-state index in [0.29, 0.717) is 12.0 Å². The molecule has 0 spiro atoms. The Morgan fingerprint density at radius 3 is 2.88 bits per heavy atom. The minimum absolute atomic E-state index is 0.338. The normalized spacial score (nSPS) is 12.5. The molecule has 5 heteroatoms. The summed E-state index contributed by atoms with van der Waals surface area (Å²) in [6, 6.07) is 0.459. The molecule has 0 saturated heterocycles. The maximum Gasteiger partial charge on any atom is 0.221 e. The SMILES string of the molecule is CSCCC(C)N(C)c1nc(N)ncc1C. The summed E-state index contributed by atoms with van der Waals surface area (Å²) in [6.07, 6.45) is 5.04. The molecular formula is C11H20N4S. The van der Waals surface area contributed by atoms with Gasteiger partial charge in [0.25, 0.3) is 0 Å². The highest BCUT2D eigenvalue weighted by Crippen LogP contribution is 2.19. The molecule has 1 heterocycles. The summed E-state index contributed by atoms with van der Waals surface area (Å²) in [5.41, 5.74) is 6.68. The van der Waals surface area contributed by atoms with Crippen LogP contribution in [0.2, 0.25) is 0 Å². The van der Waals surface area contributed by atoms with Crippen molar-refractivity contribution in [3.05, 3.63) is 11.8 Å². The van der Waals surface area contributed by atoms with Gasteiger partial charge in [0, 0.05) is 24.8 Å². The molecule has 1 aromatic rings. The van der Waals surface area contributed by atoms with E-state index in [2.05, 4.69) is 35.1 Å². The summed E-state index contributed by atoms with van der Waals surface area (Å²) >= 11 is 1.87. The first-order valence-electron chi connectivity index (χ1n) is 5.37. The average Bonchev–Trinajstić information content (AvgIpc) is 2.28. The van der Waals surface area contributed by atoms with Crippen LogP contribution in [0.5, 0.6) is 0 Å². The first kappa shape index (κ1) is 13.1. The number of thioether (sulfide) groups is 1. The summed E-state index contributed by atoms with van der Waals surface area (Å²) in [5.74, 6) is 2.43. The maximum atomic E-state index is 5.61. The van der Waals surface area contributed by atoms with Crippen LogP contribution in [0.1, 0.15) is 18.9 Å². The molecule has 1 unspecified atom stereocenters. The number of anilines is 2. The van der Waals surface area contributed by atoms with Gasteiger partial charge in [-0.2, -0.15) is 16.7 Å². The molecule has 0 amide bonds. The number of aromatic nitrogens is 2. The van der Waals surface area contributed by atoms with Crippen molar-refractivity contribution in [2.75, 3.05) is 29.7 Å². The zero-order valence-corrected chi connectivity index (χ0v) is 11.2. The molecule has 0 saturated carbocycles. The summed E-state index contributed by atoms with van der Waals surface area (Å²) in [6.45, 7) is 4.21. The monoisotopic (exact) mass is 240 g/mol. The van der Waals surface area contributed by atoms with E-state index < -0.39 is 0 Å². The van der Waals surface area contributed by atoms with Crippen molar-refractivity contribution < 1.29 is 0 Å². The van der Waals surface area contributed by atoms with Crippen LogP contribution in [-0.4, -0.2) is 35.1 Å². The van der Waals surface area contributed by atoms with E-state index in [4.69, 9.17) is 5.73 Å². The van der Waals surface area contributed by atoms with E-state index in [-0.39, 0.29) is 0 Å². The quantitative estimate of drug-likeness (QED) is 0.852. The van der Waals surface area contributed by atoms with Crippen molar-refractivity contribution in [3.8, 4) is 0 Å². The molecule has 0 aliphatic rings. The highest BCUT2D eigenvalue weighted by molar-refractivity contribution is 7.98. The predicted molar refractivity (Wildman–Crippen MR) is 72.0 cm³/mol. The molecule has 1 rings (SSSR count). The Balaban J connectivity index is 2.78. The Morgan fingerprint density at radius 1 is 1.56 bits per heavy atom. The van der Waals surface area contributed by atoms with Crippen LogP contribution in [-0.2, 0) is 0 Å². The lowest BCUT2D eigenvalue weighted by Crippen LogP contribution is -2.31. The molecule has 2 N–H and O–H groups in total. The molecule has 1 atom stereocenters. The minimum Gasteiger partial charge on any atom is -0.368 e. The average molecular weight is 240 g/mol. The number of aryl methyl sites for hydroxylation is 1. The molecule has 0 aromatic carbocycles. The topological polar surface area (TPSA) is 55.0 Å². The van der Waals surface area contributed by atoms with E-state index in [1.165, 1.54) is 0 Å². The fourth-order valence-electron chi connectivity index (χ4n) is 1.49. The fraction of sp³-hybridized carbons (Fsp3) is 0.636. The third-order valence-electron chi connectivity index (χ3n) is 2.70. The van der Waals surface area contributed by atoms with Crippen LogP contribution in [0.15, 0.2) is 6.20 Å². The van der Waals surface area contributed by atoms with Gasteiger partial charge < -0.3 is 10.6 Å². The van der Waals surface area contributed by atoms with Crippen LogP contribution < -0.4 is 10.6 Å². The van der Waals surface area contributed by atoms with Gasteiger partial charge in [-0.05, 0) is 32.3 Å². The zero-order valence-electron chi connectivity index (χ0n) is 10.4. The summed E-state index contributed by atoms with van der Waals surface area (Å²) in [5, 5.41) is 0. The van der Waals surface area contributed by atoms with Gasteiger partial charge in [0.15, 0.2) is 0 Å². The van der Waals surface area contributed by atoms with Crippen LogP contribution in [0, 0.1) is 6.92 Å². The van der Waals surface area contributed by atoms with Crippen molar-refractivity contribution >= 4 is 23.5 Å². The van der Waals surface area contributed by atoms with Crippen molar-refractivity contribution in [2.45, 2.75) is 26.3 Å². The van der Waals surface area contributed by atoms with E-state index in [9.17, 15) is 0 Å². The van der Waals surface area contributed by atoms with Gasteiger partial charge in [-0.15, -0.1) is 0 Å². The predicted octanol–water partition coefficient (Wildman–Crippen LogP) is 1.95. The molecule has 90 valence electrons. The van der Waals surface area contributed by atoms with Gasteiger partial charge in [0.1, 0.15) is 5.82 Å². The van der Waals surface area contributed by atoms with Gasteiger partial charge in [0.2, 0.25) is 5.95 Å². The van der Waals surface area contributed by atoms with Crippen LogP contribution in [0.3, 0.4) is 0 Å².